The molecule has 0 radical (unpaired) electrons. The number of amides is 1. The average molecular weight is 412 g/mol. The van der Waals surface area contributed by atoms with Crippen molar-refractivity contribution >= 4 is 23.5 Å². The summed E-state index contributed by atoms with van der Waals surface area (Å²) < 4.78 is 7.28. The predicted molar refractivity (Wildman–Crippen MR) is 111 cm³/mol. The lowest BCUT2D eigenvalue weighted by atomic mass is 10.1. The van der Waals surface area contributed by atoms with Crippen LogP contribution in [0.3, 0.4) is 0 Å². The van der Waals surface area contributed by atoms with Crippen LogP contribution in [-0.2, 0) is 9.53 Å². The molecule has 0 spiro atoms. The van der Waals surface area contributed by atoms with Gasteiger partial charge in [-0.25, -0.2) is 9.48 Å². The average Bonchev–Trinajstić information content (AvgIpc) is 2.99. The van der Waals surface area contributed by atoms with Gasteiger partial charge in [0.25, 0.3) is 5.91 Å². The van der Waals surface area contributed by atoms with Crippen LogP contribution in [0.15, 0.2) is 54.6 Å². The van der Waals surface area contributed by atoms with Crippen LogP contribution in [0.25, 0.3) is 5.69 Å². The number of rotatable bonds is 5. The number of halogens is 1. The number of likely N-dealkylation sites (N-methyl/N-ethyl adjacent to an activating group) is 1. The van der Waals surface area contributed by atoms with E-state index in [4.69, 9.17) is 16.3 Å². The van der Waals surface area contributed by atoms with E-state index in [0.717, 1.165) is 17.1 Å². The molecule has 29 heavy (non-hydrogen) atoms. The first kappa shape index (κ1) is 20.6. The summed E-state index contributed by atoms with van der Waals surface area (Å²) in [5.41, 5.74) is 3.29. The number of benzene rings is 2. The summed E-state index contributed by atoms with van der Waals surface area (Å²) in [4.78, 5) is 26.6. The molecule has 0 bridgehead atoms. The van der Waals surface area contributed by atoms with E-state index in [1.807, 2.05) is 19.9 Å². The third kappa shape index (κ3) is 4.32. The highest BCUT2D eigenvalue weighted by Gasteiger charge is 2.27. The van der Waals surface area contributed by atoms with Gasteiger partial charge in [0.1, 0.15) is 0 Å². The molecule has 0 aliphatic heterocycles. The Balaban J connectivity index is 1.83. The van der Waals surface area contributed by atoms with E-state index in [9.17, 15) is 9.59 Å². The number of esters is 1. The summed E-state index contributed by atoms with van der Waals surface area (Å²) in [6, 6.07) is 15.8. The van der Waals surface area contributed by atoms with Gasteiger partial charge in [-0.05, 0) is 38.1 Å². The van der Waals surface area contributed by atoms with Crippen LogP contribution in [-0.4, -0.2) is 40.7 Å². The smallest absolute Gasteiger partial charge is 0.339 e. The highest BCUT2D eigenvalue weighted by atomic mass is 35.5. The van der Waals surface area contributed by atoms with Crippen LogP contribution >= 0.6 is 11.6 Å². The number of aryl methyl sites for hydroxylation is 1. The zero-order valence-corrected chi connectivity index (χ0v) is 17.5. The van der Waals surface area contributed by atoms with Gasteiger partial charge in [-0.2, -0.15) is 5.10 Å². The van der Waals surface area contributed by atoms with Gasteiger partial charge in [0.15, 0.2) is 0 Å². The Kier molecular flexibility index (Phi) is 6.03. The summed E-state index contributed by atoms with van der Waals surface area (Å²) in [5.74, 6) is -0.884. The summed E-state index contributed by atoms with van der Waals surface area (Å²) in [7, 11) is 3.25. The Labute approximate surface area is 174 Å². The summed E-state index contributed by atoms with van der Waals surface area (Å²) in [6.45, 7) is 3.71. The fourth-order valence-corrected chi connectivity index (χ4v) is 3.03. The van der Waals surface area contributed by atoms with Crippen molar-refractivity contribution < 1.29 is 14.3 Å². The Bertz CT molecular complexity index is 1030. The largest absolute Gasteiger partial charge is 0.444 e. The zero-order valence-electron chi connectivity index (χ0n) is 16.7. The molecule has 0 saturated carbocycles. The quantitative estimate of drug-likeness (QED) is 0.592. The van der Waals surface area contributed by atoms with Crippen molar-refractivity contribution in [2.24, 2.45) is 0 Å². The molecule has 1 unspecified atom stereocenters. The second kappa shape index (κ2) is 8.49. The van der Waals surface area contributed by atoms with E-state index in [1.54, 1.807) is 67.3 Å². The lowest BCUT2D eigenvalue weighted by molar-refractivity contribution is -0.138. The van der Waals surface area contributed by atoms with Crippen molar-refractivity contribution in [3.63, 3.8) is 0 Å². The normalized spacial score (nSPS) is 11.8. The first-order valence-corrected chi connectivity index (χ1v) is 9.46. The van der Waals surface area contributed by atoms with Gasteiger partial charge >= 0.3 is 5.97 Å². The Hall–Kier alpha value is -3.12. The molecule has 3 rings (SSSR count). The standard InChI is InChI=1S/C22H22ClN3O3/c1-14-19(23)15(2)26(24-14)18-12-10-17(11-13-18)22(28)29-20(21(27)25(3)4)16-8-6-5-7-9-16/h5-13,20H,1-4H3. The zero-order chi connectivity index (χ0) is 21.1. The third-order valence-corrected chi connectivity index (χ3v) is 5.09. The molecule has 1 amide bonds. The number of hydrogen-bond acceptors (Lipinski definition) is 4. The monoisotopic (exact) mass is 411 g/mol. The van der Waals surface area contributed by atoms with Crippen LogP contribution in [0.5, 0.6) is 0 Å². The second-order valence-corrected chi connectivity index (χ2v) is 7.25. The number of ether oxygens (including phenoxy) is 1. The van der Waals surface area contributed by atoms with E-state index in [0.29, 0.717) is 16.1 Å². The molecule has 3 aromatic rings. The first-order valence-electron chi connectivity index (χ1n) is 9.09. The summed E-state index contributed by atoms with van der Waals surface area (Å²) >= 11 is 6.21. The number of carbonyl (C=O) groups is 2. The number of hydrogen-bond donors (Lipinski definition) is 0. The first-order chi connectivity index (χ1) is 13.8. The van der Waals surface area contributed by atoms with E-state index < -0.39 is 12.1 Å². The van der Waals surface area contributed by atoms with Gasteiger partial charge in [-0.3, -0.25) is 4.79 Å². The Morgan fingerprint density at radius 2 is 1.66 bits per heavy atom. The van der Waals surface area contributed by atoms with E-state index >= 15 is 0 Å². The molecule has 0 fully saturated rings. The van der Waals surface area contributed by atoms with Crippen molar-refractivity contribution in [1.29, 1.82) is 0 Å². The molecule has 0 aliphatic carbocycles. The summed E-state index contributed by atoms with van der Waals surface area (Å²) in [5, 5.41) is 5.02. The molecule has 1 aromatic heterocycles. The molecule has 150 valence electrons. The number of aromatic nitrogens is 2. The van der Waals surface area contributed by atoms with Gasteiger partial charge in [-0.15, -0.1) is 0 Å². The fraction of sp³-hybridized carbons (Fsp3) is 0.227. The molecular weight excluding hydrogens is 390 g/mol. The van der Waals surface area contributed by atoms with Gasteiger partial charge in [-0.1, -0.05) is 41.9 Å². The molecule has 6 nitrogen and oxygen atoms in total. The molecule has 2 aromatic carbocycles. The Morgan fingerprint density at radius 3 is 2.17 bits per heavy atom. The van der Waals surface area contributed by atoms with Crippen molar-refractivity contribution in [2.45, 2.75) is 20.0 Å². The maximum absolute atomic E-state index is 12.7. The molecule has 0 N–H and O–H groups in total. The molecule has 7 heteroatoms. The molecule has 1 atom stereocenters. The third-order valence-electron chi connectivity index (χ3n) is 4.54. The lowest BCUT2D eigenvalue weighted by Crippen LogP contribution is -2.31. The maximum Gasteiger partial charge on any atom is 0.339 e. The van der Waals surface area contributed by atoms with Crippen LogP contribution < -0.4 is 0 Å². The number of nitrogens with zero attached hydrogens (tertiary/aromatic N) is 3. The molecule has 1 heterocycles. The minimum atomic E-state index is -1.01. The SMILES string of the molecule is Cc1nn(-c2ccc(C(=O)OC(C(=O)N(C)C)c3ccccc3)cc2)c(C)c1Cl. The van der Waals surface area contributed by atoms with Gasteiger partial charge < -0.3 is 9.64 Å². The van der Waals surface area contributed by atoms with Gasteiger partial charge in [0.05, 0.1) is 27.7 Å². The van der Waals surface area contributed by atoms with Crippen molar-refractivity contribution in [1.82, 2.24) is 14.7 Å². The lowest BCUT2D eigenvalue weighted by Gasteiger charge is -2.21. The van der Waals surface area contributed by atoms with Crippen LogP contribution in [0.4, 0.5) is 0 Å². The Morgan fingerprint density at radius 1 is 1.03 bits per heavy atom. The highest BCUT2D eigenvalue weighted by molar-refractivity contribution is 6.31. The van der Waals surface area contributed by atoms with Crippen molar-refractivity contribution in [3.8, 4) is 5.69 Å². The van der Waals surface area contributed by atoms with E-state index in [2.05, 4.69) is 5.10 Å². The number of carbonyl (C=O) groups excluding carboxylic acids is 2. The highest BCUT2D eigenvalue weighted by Crippen LogP contribution is 2.24. The second-order valence-electron chi connectivity index (χ2n) is 6.87. The van der Waals surface area contributed by atoms with E-state index in [1.165, 1.54) is 4.90 Å². The van der Waals surface area contributed by atoms with Gasteiger partial charge in [0, 0.05) is 19.7 Å². The van der Waals surface area contributed by atoms with Crippen LogP contribution in [0.2, 0.25) is 5.02 Å². The molecule has 0 saturated heterocycles. The summed E-state index contributed by atoms with van der Waals surface area (Å²) in [6.07, 6.45) is -1.01. The van der Waals surface area contributed by atoms with Crippen LogP contribution in [0, 0.1) is 13.8 Å². The maximum atomic E-state index is 12.7. The van der Waals surface area contributed by atoms with Crippen LogP contribution in [0.1, 0.15) is 33.4 Å². The molecular formula is C22H22ClN3O3. The molecule has 0 aliphatic rings. The minimum absolute atomic E-state index is 0.307. The topological polar surface area (TPSA) is 64.4 Å². The van der Waals surface area contributed by atoms with Gasteiger partial charge in [0.2, 0.25) is 6.10 Å². The van der Waals surface area contributed by atoms with Crippen molar-refractivity contribution in [3.05, 3.63) is 82.1 Å². The van der Waals surface area contributed by atoms with Crippen molar-refractivity contribution in [2.75, 3.05) is 14.1 Å². The van der Waals surface area contributed by atoms with E-state index in [-0.39, 0.29) is 5.91 Å². The fourth-order valence-electron chi connectivity index (χ4n) is 2.91. The minimum Gasteiger partial charge on any atom is -0.444 e. The predicted octanol–water partition coefficient (Wildman–Crippen LogP) is 4.13.